The number of hydrogen-bond donors (Lipinski definition) is 3. The minimum Gasteiger partial charge on any atom is -0.394 e. The van der Waals surface area contributed by atoms with Crippen molar-refractivity contribution in [2.75, 3.05) is 24.4 Å². The molecule has 1 aromatic carbocycles. The number of aliphatic hydroxyl groups is 1. The first-order valence-corrected chi connectivity index (χ1v) is 13.9. The maximum atomic E-state index is 13.0. The Morgan fingerprint density at radius 2 is 1.82 bits per heavy atom. The number of aromatic nitrogens is 8. The lowest BCUT2D eigenvalue weighted by Crippen LogP contribution is -2.25. The molecule has 5 heterocycles. The van der Waals surface area contributed by atoms with E-state index in [0.717, 1.165) is 5.56 Å². The highest BCUT2D eigenvalue weighted by Gasteiger charge is 2.22. The van der Waals surface area contributed by atoms with Crippen molar-refractivity contribution in [1.29, 1.82) is 0 Å². The molecule has 6 aromatic rings. The van der Waals surface area contributed by atoms with Crippen LogP contribution in [0.5, 0.6) is 0 Å². The third-order valence-electron chi connectivity index (χ3n) is 6.83. The van der Waals surface area contributed by atoms with Crippen LogP contribution in [0.1, 0.15) is 31.5 Å². The number of fused-ring (bicyclic) bond motifs is 1. The zero-order chi connectivity index (χ0) is 30.6. The number of anilines is 3. The molecule has 0 spiro atoms. The fourth-order valence-corrected chi connectivity index (χ4v) is 4.82. The molecule has 0 amide bonds. The molecule has 0 fully saturated rings. The van der Waals surface area contributed by atoms with E-state index in [-0.39, 0.29) is 36.8 Å². The molecule has 14 nitrogen and oxygen atoms in total. The van der Waals surface area contributed by atoms with Gasteiger partial charge in [-0.3, -0.25) is 14.5 Å². The van der Waals surface area contributed by atoms with Gasteiger partial charge in [-0.05, 0) is 43.7 Å². The second-order valence-corrected chi connectivity index (χ2v) is 10.1. The molecule has 0 unspecified atom stereocenters. The van der Waals surface area contributed by atoms with Gasteiger partial charge in [0.25, 0.3) is 11.4 Å². The topological polar surface area (TPSA) is 171 Å². The van der Waals surface area contributed by atoms with Gasteiger partial charge in [0, 0.05) is 25.5 Å². The molecule has 0 aliphatic carbocycles. The molecule has 0 saturated carbocycles. The highest BCUT2D eigenvalue weighted by molar-refractivity contribution is 5.78. The molecule has 0 radical (unpaired) electrons. The number of ether oxygens (including phenoxy) is 1. The fraction of sp³-hybridized carbons (Fsp3) is 0.233. The highest BCUT2D eigenvalue weighted by Crippen LogP contribution is 2.30. The minimum absolute atomic E-state index is 0.0526. The van der Waals surface area contributed by atoms with Crippen LogP contribution in [-0.4, -0.2) is 58.3 Å². The van der Waals surface area contributed by atoms with Crippen LogP contribution in [0, 0.1) is 0 Å². The average molecular weight is 595 g/mol. The maximum Gasteiger partial charge on any atom is 0.278 e. The van der Waals surface area contributed by atoms with Gasteiger partial charge in [-0.25, -0.2) is 14.6 Å². The van der Waals surface area contributed by atoms with Gasteiger partial charge < -0.3 is 25.0 Å². The molecule has 0 aliphatic rings. The van der Waals surface area contributed by atoms with Gasteiger partial charge >= 0.3 is 0 Å². The van der Waals surface area contributed by atoms with E-state index in [1.807, 2.05) is 50.2 Å². The number of pyridine rings is 2. The molecule has 5 aromatic heterocycles. The summed E-state index contributed by atoms with van der Waals surface area (Å²) >= 11 is 0. The number of benzene rings is 1. The van der Waals surface area contributed by atoms with Gasteiger partial charge in [-0.2, -0.15) is 9.97 Å². The van der Waals surface area contributed by atoms with Crippen LogP contribution >= 0.6 is 0 Å². The second kappa shape index (κ2) is 12.4. The van der Waals surface area contributed by atoms with Crippen molar-refractivity contribution < 1.29 is 14.4 Å². The third kappa shape index (κ3) is 5.63. The molecule has 44 heavy (non-hydrogen) atoms. The van der Waals surface area contributed by atoms with Gasteiger partial charge in [-0.1, -0.05) is 41.6 Å². The number of rotatable bonds is 11. The highest BCUT2D eigenvalue weighted by atomic mass is 16.5. The van der Waals surface area contributed by atoms with Crippen LogP contribution in [0.3, 0.4) is 0 Å². The predicted octanol–water partition coefficient (Wildman–Crippen LogP) is 4.17. The third-order valence-corrected chi connectivity index (χ3v) is 6.83. The van der Waals surface area contributed by atoms with Crippen molar-refractivity contribution in [1.82, 2.24) is 39.4 Å². The number of methoxy groups -OCH3 is 1. The summed E-state index contributed by atoms with van der Waals surface area (Å²) in [6.45, 7) is 3.82. The quantitative estimate of drug-likeness (QED) is 0.196. The Morgan fingerprint density at radius 3 is 2.55 bits per heavy atom. The van der Waals surface area contributed by atoms with E-state index in [1.54, 1.807) is 41.3 Å². The summed E-state index contributed by atoms with van der Waals surface area (Å²) in [5, 5.41) is 21.2. The summed E-state index contributed by atoms with van der Waals surface area (Å²) in [4.78, 5) is 35.7. The molecule has 14 heteroatoms. The minimum atomic E-state index is -0.494. The summed E-state index contributed by atoms with van der Waals surface area (Å²) in [5.74, 6) is 1.46. The smallest absolute Gasteiger partial charge is 0.278 e. The zero-order valence-corrected chi connectivity index (χ0v) is 24.2. The molecule has 3 N–H and O–H groups in total. The van der Waals surface area contributed by atoms with E-state index in [1.165, 1.54) is 11.8 Å². The lowest BCUT2D eigenvalue weighted by atomic mass is 10.1. The monoisotopic (exact) mass is 594 g/mol. The van der Waals surface area contributed by atoms with Crippen LogP contribution in [-0.2, 0) is 11.5 Å². The second-order valence-electron chi connectivity index (χ2n) is 10.1. The number of nitrogens with one attached hydrogen (secondary N) is 2. The Balaban J connectivity index is 1.39. The van der Waals surface area contributed by atoms with Gasteiger partial charge in [0.05, 0.1) is 18.0 Å². The van der Waals surface area contributed by atoms with Crippen molar-refractivity contribution in [3.8, 4) is 23.0 Å². The molecule has 0 bridgehead atoms. The lowest BCUT2D eigenvalue weighted by Gasteiger charge is -2.19. The van der Waals surface area contributed by atoms with Crippen LogP contribution in [0.2, 0.25) is 0 Å². The number of nitrogens with zero attached hydrogens (tertiary/aromatic N) is 8. The Bertz CT molecular complexity index is 1940. The van der Waals surface area contributed by atoms with Crippen molar-refractivity contribution >= 4 is 28.6 Å². The predicted molar refractivity (Wildman–Crippen MR) is 163 cm³/mol. The fourth-order valence-electron chi connectivity index (χ4n) is 4.82. The van der Waals surface area contributed by atoms with Gasteiger partial charge in [0.1, 0.15) is 29.6 Å². The van der Waals surface area contributed by atoms with E-state index in [0.29, 0.717) is 39.8 Å². The normalized spacial score (nSPS) is 12.1. The Morgan fingerprint density at radius 1 is 1.00 bits per heavy atom. The summed E-state index contributed by atoms with van der Waals surface area (Å²) in [6.07, 6.45) is 3.19. The Labute approximate surface area is 251 Å². The summed E-state index contributed by atoms with van der Waals surface area (Å²) in [6, 6.07) is 17.8. The molecule has 1 atom stereocenters. The Kier molecular flexibility index (Phi) is 8.08. The molecular formula is C30H30N10O4. The summed E-state index contributed by atoms with van der Waals surface area (Å²) < 4.78 is 14.1. The molecule has 0 saturated heterocycles. The van der Waals surface area contributed by atoms with Crippen LogP contribution < -0.4 is 16.2 Å². The van der Waals surface area contributed by atoms with E-state index in [2.05, 4.69) is 30.7 Å². The van der Waals surface area contributed by atoms with Crippen molar-refractivity contribution in [2.45, 2.75) is 32.7 Å². The van der Waals surface area contributed by atoms with E-state index >= 15 is 0 Å². The first-order valence-electron chi connectivity index (χ1n) is 13.9. The van der Waals surface area contributed by atoms with Gasteiger partial charge in [0.2, 0.25) is 11.8 Å². The zero-order valence-electron chi connectivity index (χ0n) is 24.2. The standard InChI is InChI=1S/C30H30N10O4/c1-18(2)40-27-20(29(42)39(40)17-43-3)12-13-24(34-27)35-30-32-15-21(28-36-26(38-44-28)22-11-7-8-14-31-22)25(37-30)33-23(16-41)19-9-5-4-6-10-19/h4-15,18,23,41H,16-17H2,1-3H3,(H2,32,33,34,35,37)/t23-/m1/s1. The summed E-state index contributed by atoms with van der Waals surface area (Å²) in [7, 11) is 1.54. The average Bonchev–Trinajstić information content (AvgIpc) is 3.64. The first-order chi connectivity index (χ1) is 21.5. The molecule has 224 valence electrons. The van der Waals surface area contributed by atoms with Crippen LogP contribution in [0.15, 0.2) is 82.4 Å². The van der Waals surface area contributed by atoms with Gasteiger partial charge in [-0.15, -0.1) is 0 Å². The lowest BCUT2D eigenvalue weighted by molar-refractivity contribution is 0.103. The maximum absolute atomic E-state index is 13.0. The van der Waals surface area contributed by atoms with Crippen molar-refractivity contribution in [2.24, 2.45) is 0 Å². The SMILES string of the molecule is COCn1c(=O)c2ccc(Nc3ncc(-c4nc(-c5ccccn5)no4)c(N[C@H](CO)c4ccccc4)n3)nc2n1C(C)C. The first kappa shape index (κ1) is 28.6. The molecule has 0 aliphatic heterocycles. The van der Waals surface area contributed by atoms with Crippen molar-refractivity contribution in [3.05, 3.63) is 89.0 Å². The van der Waals surface area contributed by atoms with E-state index < -0.39 is 6.04 Å². The molecular weight excluding hydrogens is 564 g/mol. The number of hydrogen-bond acceptors (Lipinski definition) is 12. The summed E-state index contributed by atoms with van der Waals surface area (Å²) in [5.41, 5.74) is 2.14. The van der Waals surface area contributed by atoms with Crippen LogP contribution in [0.25, 0.3) is 34.0 Å². The van der Waals surface area contributed by atoms with E-state index in [9.17, 15) is 9.90 Å². The van der Waals surface area contributed by atoms with Gasteiger partial charge in [0.15, 0.2) is 5.65 Å². The van der Waals surface area contributed by atoms with Crippen molar-refractivity contribution in [3.63, 3.8) is 0 Å². The molecule has 6 rings (SSSR count). The largest absolute Gasteiger partial charge is 0.394 e. The van der Waals surface area contributed by atoms with Crippen LogP contribution in [0.4, 0.5) is 17.6 Å². The Hall–Kier alpha value is -5.47. The number of aliphatic hydroxyl groups excluding tert-OH is 1. The van der Waals surface area contributed by atoms with E-state index in [4.69, 9.17) is 19.2 Å².